The number of hydrogen-bond acceptors (Lipinski definition) is 4. The van der Waals surface area contributed by atoms with E-state index in [-0.39, 0.29) is 0 Å². The number of hydrogen-bond donors (Lipinski definition) is 0. The predicted molar refractivity (Wildman–Crippen MR) is 270 cm³/mol. The molecule has 1 aliphatic rings. The van der Waals surface area contributed by atoms with Crippen LogP contribution < -0.4 is 0 Å². The molecular weight excluding hydrogens is 801 g/mol. The van der Waals surface area contributed by atoms with E-state index in [4.69, 9.17) is 15.0 Å². The van der Waals surface area contributed by atoms with Gasteiger partial charge < -0.3 is 0 Å². The fraction of sp³-hybridized carbons (Fsp3) is 0. The van der Waals surface area contributed by atoms with Crippen LogP contribution in [-0.4, -0.2) is 15.0 Å². The average Bonchev–Trinajstić information content (AvgIpc) is 3.73. The second kappa shape index (κ2) is 16.3. The zero-order valence-corrected chi connectivity index (χ0v) is 35.7. The summed E-state index contributed by atoms with van der Waals surface area (Å²) in [5.41, 5.74) is 19.9. The Kier molecular flexibility index (Phi) is 9.51. The summed E-state index contributed by atoms with van der Waals surface area (Å²) in [6.07, 6.45) is 0. The zero-order chi connectivity index (χ0) is 44.0. The van der Waals surface area contributed by atoms with E-state index in [1.807, 2.05) is 48.5 Å². The minimum absolute atomic E-state index is 0.627. The van der Waals surface area contributed by atoms with Crippen LogP contribution in [0.1, 0.15) is 5.56 Å². The van der Waals surface area contributed by atoms with E-state index in [0.29, 0.717) is 23.0 Å². The molecule has 306 valence electrons. The van der Waals surface area contributed by atoms with Crippen molar-refractivity contribution >= 4 is 10.8 Å². The van der Waals surface area contributed by atoms with Crippen molar-refractivity contribution < 1.29 is 0 Å². The second-order valence-electron chi connectivity index (χ2n) is 16.7. The van der Waals surface area contributed by atoms with Crippen molar-refractivity contribution in [1.29, 1.82) is 5.26 Å². The molecule has 0 saturated carbocycles. The number of rotatable bonds is 8. The molecule has 1 aliphatic carbocycles. The lowest BCUT2D eigenvalue weighted by atomic mass is 9.88. The molecule has 0 saturated heterocycles. The highest BCUT2D eigenvalue weighted by Crippen LogP contribution is 2.52. The highest BCUT2D eigenvalue weighted by molar-refractivity contribution is 6.22. The molecule has 1 aromatic heterocycles. The van der Waals surface area contributed by atoms with Gasteiger partial charge in [-0.3, -0.25) is 0 Å². The van der Waals surface area contributed by atoms with E-state index in [1.54, 1.807) is 0 Å². The minimum Gasteiger partial charge on any atom is -0.208 e. The van der Waals surface area contributed by atoms with Gasteiger partial charge in [0.15, 0.2) is 17.5 Å². The Balaban J connectivity index is 0.840. The lowest BCUT2D eigenvalue weighted by Gasteiger charge is -2.15. The third-order valence-electron chi connectivity index (χ3n) is 12.8. The predicted octanol–water partition coefficient (Wildman–Crippen LogP) is 15.9. The number of nitrogens with zero attached hydrogens (tertiary/aromatic N) is 4. The molecule has 4 heteroatoms. The van der Waals surface area contributed by atoms with Gasteiger partial charge in [-0.2, -0.15) is 5.26 Å². The normalized spacial score (nSPS) is 11.3. The van der Waals surface area contributed by atoms with Crippen molar-refractivity contribution in [1.82, 2.24) is 15.0 Å². The smallest absolute Gasteiger partial charge is 0.164 e. The molecule has 0 unspecified atom stereocenters. The van der Waals surface area contributed by atoms with E-state index in [9.17, 15) is 5.26 Å². The van der Waals surface area contributed by atoms with Crippen LogP contribution >= 0.6 is 0 Å². The summed E-state index contributed by atoms with van der Waals surface area (Å²) in [5.74, 6) is 1.90. The molecule has 0 amide bonds. The number of aromatic nitrogens is 3. The van der Waals surface area contributed by atoms with Crippen molar-refractivity contribution in [2.24, 2.45) is 0 Å². The SMILES string of the molecule is N#Cc1ccc(-c2ccc3c4c(ccc(-c5ccc(-c6ccc(-c7ccc(-c8nc(-c9ccccc9)nc(-c9cccc(-c%10ccccc%10)c9)n8)cc7)cc6)cc5)c24)-c2ccccc2-3)cc1. The Bertz CT molecular complexity index is 3620. The van der Waals surface area contributed by atoms with Crippen molar-refractivity contribution in [3.8, 4) is 118 Å². The summed E-state index contributed by atoms with van der Waals surface area (Å²) in [6.45, 7) is 0. The Hall–Kier alpha value is -9.04. The van der Waals surface area contributed by atoms with Crippen LogP contribution in [0.15, 0.2) is 231 Å². The molecule has 0 aliphatic heterocycles. The van der Waals surface area contributed by atoms with Gasteiger partial charge in [-0.05, 0) is 107 Å². The third-order valence-corrected chi connectivity index (χ3v) is 12.8. The van der Waals surface area contributed by atoms with Crippen molar-refractivity contribution in [3.05, 3.63) is 236 Å². The largest absolute Gasteiger partial charge is 0.208 e. The standard InChI is InChI=1S/C62H38N4/c63-39-40-18-20-46(21-19-40)52-34-36-56-54-16-7-8-17-55(54)57-37-35-53(58(52)59(56)57)47-30-26-44(27-31-47)42-22-24-43(25-23-42)45-28-32-49(33-29-45)61-64-60(48-12-5-2-6-13-48)65-62(66-61)51-15-9-14-50(38-51)41-10-3-1-4-11-41/h1-38H. The first-order chi connectivity index (χ1) is 32.6. The van der Waals surface area contributed by atoms with Crippen LogP contribution in [0, 0.1) is 11.3 Å². The highest BCUT2D eigenvalue weighted by Gasteiger charge is 2.25. The second-order valence-corrected chi connectivity index (χ2v) is 16.7. The molecule has 0 N–H and O–H groups in total. The fourth-order valence-corrected chi connectivity index (χ4v) is 9.43. The number of nitriles is 1. The topological polar surface area (TPSA) is 62.5 Å². The minimum atomic E-state index is 0.627. The molecule has 11 aromatic rings. The quantitative estimate of drug-likeness (QED) is 0.153. The van der Waals surface area contributed by atoms with Gasteiger partial charge in [0.2, 0.25) is 0 Å². The molecule has 0 radical (unpaired) electrons. The molecule has 0 atom stereocenters. The van der Waals surface area contributed by atoms with E-state index >= 15 is 0 Å². The third kappa shape index (κ3) is 6.93. The molecule has 4 nitrogen and oxygen atoms in total. The summed E-state index contributed by atoms with van der Waals surface area (Å²) >= 11 is 0. The van der Waals surface area contributed by atoms with Gasteiger partial charge in [0.05, 0.1) is 11.6 Å². The highest BCUT2D eigenvalue weighted by atomic mass is 15.0. The zero-order valence-electron chi connectivity index (χ0n) is 35.7. The van der Waals surface area contributed by atoms with Gasteiger partial charge in [0.25, 0.3) is 0 Å². The number of fused-ring (bicyclic) bond motifs is 3. The van der Waals surface area contributed by atoms with Crippen LogP contribution in [-0.2, 0) is 0 Å². The molecule has 12 rings (SSSR count). The molecular formula is C62H38N4. The lowest BCUT2D eigenvalue weighted by molar-refractivity contribution is 1.07. The molecule has 1 heterocycles. The molecule has 10 aromatic carbocycles. The summed E-state index contributed by atoms with van der Waals surface area (Å²) in [7, 11) is 0. The van der Waals surface area contributed by atoms with Gasteiger partial charge in [-0.1, -0.05) is 212 Å². The maximum atomic E-state index is 9.50. The summed E-state index contributed by atoms with van der Waals surface area (Å²) < 4.78 is 0. The van der Waals surface area contributed by atoms with Gasteiger partial charge in [-0.25, -0.2) is 15.0 Å². The first-order valence-corrected chi connectivity index (χ1v) is 22.1. The number of benzene rings is 10. The summed E-state index contributed by atoms with van der Waals surface area (Å²) in [6, 6.07) is 83.0. The van der Waals surface area contributed by atoms with Gasteiger partial charge in [0.1, 0.15) is 0 Å². The van der Waals surface area contributed by atoms with Crippen molar-refractivity contribution in [2.75, 3.05) is 0 Å². The van der Waals surface area contributed by atoms with Gasteiger partial charge in [-0.15, -0.1) is 0 Å². The lowest BCUT2D eigenvalue weighted by Crippen LogP contribution is -2.00. The van der Waals surface area contributed by atoms with Crippen molar-refractivity contribution in [2.45, 2.75) is 0 Å². The Morgan fingerprint density at radius 2 is 0.576 bits per heavy atom. The maximum absolute atomic E-state index is 9.50. The van der Waals surface area contributed by atoms with Crippen LogP contribution in [0.3, 0.4) is 0 Å². The summed E-state index contributed by atoms with van der Waals surface area (Å²) in [5, 5.41) is 12.0. The molecule has 0 spiro atoms. The van der Waals surface area contributed by atoms with E-state index in [0.717, 1.165) is 66.8 Å². The fourth-order valence-electron chi connectivity index (χ4n) is 9.43. The van der Waals surface area contributed by atoms with Crippen LogP contribution in [0.4, 0.5) is 0 Å². The van der Waals surface area contributed by atoms with Crippen LogP contribution in [0.25, 0.3) is 123 Å². The van der Waals surface area contributed by atoms with E-state index in [2.05, 4.69) is 188 Å². The monoisotopic (exact) mass is 838 g/mol. The first-order valence-electron chi connectivity index (χ1n) is 22.1. The average molecular weight is 839 g/mol. The Morgan fingerprint density at radius 3 is 1.08 bits per heavy atom. The summed E-state index contributed by atoms with van der Waals surface area (Å²) in [4.78, 5) is 15.0. The Morgan fingerprint density at radius 1 is 0.242 bits per heavy atom. The van der Waals surface area contributed by atoms with Crippen LogP contribution in [0.5, 0.6) is 0 Å². The van der Waals surface area contributed by atoms with E-state index in [1.165, 1.54) is 38.6 Å². The molecule has 0 bridgehead atoms. The van der Waals surface area contributed by atoms with Gasteiger partial charge >= 0.3 is 0 Å². The maximum Gasteiger partial charge on any atom is 0.164 e. The van der Waals surface area contributed by atoms with Crippen LogP contribution in [0.2, 0.25) is 0 Å². The molecule has 66 heavy (non-hydrogen) atoms. The van der Waals surface area contributed by atoms with Gasteiger partial charge in [0, 0.05) is 16.7 Å². The van der Waals surface area contributed by atoms with Crippen molar-refractivity contribution in [3.63, 3.8) is 0 Å². The first kappa shape index (κ1) is 38.6. The van der Waals surface area contributed by atoms with E-state index < -0.39 is 0 Å². The molecule has 0 fully saturated rings. The Labute approximate surface area is 383 Å².